The van der Waals surface area contributed by atoms with Crippen molar-refractivity contribution in [3.05, 3.63) is 0 Å². The van der Waals surface area contributed by atoms with Gasteiger partial charge in [0.15, 0.2) is 0 Å². The molecular formula is C7H11NaO4S. The van der Waals surface area contributed by atoms with E-state index in [1.54, 1.807) is 0 Å². The van der Waals surface area contributed by atoms with Gasteiger partial charge in [-0.15, -0.1) is 0 Å². The molecular weight excluding hydrogens is 203 g/mol. The van der Waals surface area contributed by atoms with E-state index < -0.39 is 11.1 Å². The Morgan fingerprint density at radius 3 is 2.85 bits per heavy atom. The number of rotatable bonds is 2. The van der Waals surface area contributed by atoms with E-state index >= 15 is 0 Å². The molecule has 2 heterocycles. The van der Waals surface area contributed by atoms with Crippen LogP contribution in [0.3, 0.4) is 0 Å². The van der Waals surface area contributed by atoms with Crippen LogP contribution < -0.4 is 29.6 Å². The van der Waals surface area contributed by atoms with Gasteiger partial charge in [0.25, 0.3) is 0 Å². The van der Waals surface area contributed by atoms with Gasteiger partial charge in [-0.25, -0.2) is 0 Å². The first kappa shape index (κ1) is 12.1. The van der Waals surface area contributed by atoms with Gasteiger partial charge in [0.05, 0.1) is 25.4 Å². The fourth-order valence-electron chi connectivity index (χ4n) is 1.85. The minimum absolute atomic E-state index is 0. The quantitative estimate of drug-likeness (QED) is 0.356. The molecule has 0 radical (unpaired) electrons. The average molecular weight is 214 g/mol. The van der Waals surface area contributed by atoms with Crippen molar-refractivity contribution in [3.63, 3.8) is 0 Å². The summed E-state index contributed by atoms with van der Waals surface area (Å²) in [6.07, 6.45) is 0.888. The summed E-state index contributed by atoms with van der Waals surface area (Å²) >= 11 is -1.98. The molecule has 0 aromatic heterocycles. The zero-order valence-corrected chi connectivity index (χ0v) is 10.4. The van der Waals surface area contributed by atoms with E-state index in [1.165, 1.54) is 0 Å². The summed E-state index contributed by atoms with van der Waals surface area (Å²) in [5, 5.41) is 0. The van der Waals surface area contributed by atoms with E-state index in [-0.39, 0.29) is 47.5 Å². The van der Waals surface area contributed by atoms with Crippen molar-refractivity contribution in [2.75, 3.05) is 19.0 Å². The standard InChI is InChI=1S/C7H12O4S.Na/c8-12(9)4-6-1-5-2-10-3-7(5)11-6;/h5-7H,1-4H2,(H,8,9);/q;+1/p-1/t5-,6?,7+;/m0./s1. The summed E-state index contributed by atoms with van der Waals surface area (Å²) in [5.41, 5.74) is 0. The Labute approximate surface area is 102 Å². The molecule has 4 atom stereocenters. The molecule has 2 unspecified atom stereocenters. The molecule has 13 heavy (non-hydrogen) atoms. The molecule has 4 nitrogen and oxygen atoms in total. The van der Waals surface area contributed by atoms with E-state index in [2.05, 4.69) is 0 Å². The molecule has 2 rings (SSSR count). The largest absolute Gasteiger partial charge is 1.00 e. The van der Waals surface area contributed by atoms with Gasteiger partial charge >= 0.3 is 29.6 Å². The van der Waals surface area contributed by atoms with E-state index in [1.807, 2.05) is 0 Å². The van der Waals surface area contributed by atoms with Gasteiger partial charge in [-0.3, -0.25) is 4.21 Å². The van der Waals surface area contributed by atoms with Crippen LogP contribution in [0.2, 0.25) is 0 Å². The summed E-state index contributed by atoms with van der Waals surface area (Å²) in [4.78, 5) is 0. The van der Waals surface area contributed by atoms with Crippen LogP contribution in [0.1, 0.15) is 6.42 Å². The summed E-state index contributed by atoms with van der Waals surface area (Å²) in [5.74, 6) is 0.561. The van der Waals surface area contributed by atoms with Crippen molar-refractivity contribution in [1.82, 2.24) is 0 Å². The second-order valence-electron chi connectivity index (χ2n) is 3.30. The SMILES string of the molecule is O=S([O-])CC1C[C@H]2COC[C@H]2O1.[Na+]. The van der Waals surface area contributed by atoms with Gasteiger partial charge in [-0.05, 0) is 6.42 Å². The molecule has 2 fully saturated rings. The Hall–Kier alpha value is 1.03. The Kier molecular flexibility index (Phi) is 4.85. The third-order valence-electron chi connectivity index (χ3n) is 2.39. The van der Waals surface area contributed by atoms with Crippen molar-refractivity contribution in [2.24, 2.45) is 5.92 Å². The molecule has 0 spiro atoms. The number of hydrogen-bond acceptors (Lipinski definition) is 4. The molecule has 2 saturated heterocycles. The second-order valence-corrected chi connectivity index (χ2v) is 4.24. The number of fused-ring (bicyclic) bond motifs is 1. The summed E-state index contributed by atoms with van der Waals surface area (Å²) < 4.78 is 31.4. The second kappa shape index (κ2) is 5.21. The molecule has 0 amide bonds. The maximum atomic E-state index is 10.4. The van der Waals surface area contributed by atoms with Crippen LogP contribution in [-0.4, -0.2) is 39.9 Å². The molecule has 0 aromatic carbocycles. The molecule has 70 valence electrons. The number of hydrogen-bond donors (Lipinski definition) is 0. The predicted octanol–water partition coefficient (Wildman–Crippen LogP) is -3.33. The topological polar surface area (TPSA) is 58.6 Å². The minimum atomic E-state index is -1.98. The Morgan fingerprint density at radius 2 is 2.23 bits per heavy atom. The van der Waals surface area contributed by atoms with Crippen LogP contribution in [0.5, 0.6) is 0 Å². The van der Waals surface area contributed by atoms with Crippen LogP contribution in [0.25, 0.3) is 0 Å². The van der Waals surface area contributed by atoms with Crippen LogP contribution in [0, 0.1) is 5.92 Å². The van der Waals surface area contributed by atoms with Crippen molar-refractivity contribution in [3.8, 4) is 0 Å². The molecule has 0 saturated carbocycles. The zero-order chi connectivity index (χ0) is 8.55. The molecule has 2 aliphatic heterocycles. The summed E-state index contributed by atoms with van der Waals surface area (Å²) in [6, 6.07) is 0. The zero-order valence-electron chi connectivity index (χ0n) is 7.60. The van der Waals surface area contributed by atoms with Crippen molar-refractivity contribution < 1.29 is 47.8 Å². The summed E-state index contributed by atoms with van der Waals surface area (Å²) in [7, 11) is 0. The third-order valence-corrected chi connectivity index (χ3v) is 3.04. The fourth-order valence-corrected chi connectivity index (χ4v) is 2.37. The van der Waals surface area contributed by atoms with Gasteiger partial charge < -0.3 is 14.0 Å². The first-order chi connectivity index (χ1) is 5.75. The predicted molar refractivity (Wildman–Crippen MR) is 41.4 cm³/mol. The van der Waals surface area contributed by atoms with Crippen LogP contribution >= 0.6 is 0 Å². The third kappa shape index (κ3) is 2.99. The van der Waals surface area contributed by atoms with Crippen molar-refractivity contribution in [2.45, 2.75) is 18.6 Å². The van der Waals surface area contributed by atoms with Crippen molar-refractivity contribution in [1.29, 1.82) is 0 Å². The Balaban J connectivity index is 0.000000845. The van der Waals surface area contributed by atoms with E-state index in [9.17, 15) is 8.76 Å². The van der Waals surface area contributed by atoms with Crippen molar-refractivity contribution >= 4 is 11.1 Å². The van der Waals surface area contributed by atoms with Gasteiger partial charge in [0.2, 0.25) is 0 Å². The number of ether oxygens (including phenoxy) is 2. The van der Waals surface area contributed by atoms with Gasteiger partial charge in [-0.2, -0.15) is 0 Å². The molecule has 0 aliphatic carbocycles. The van der Waals surface area contributed by atoms with Crippen LogP contribution in [0.15, 0.2) is 0 Å². The van der Waals surface area contributed by atoms with Gasteiger partial charge in [-0.1, -0.05) is 11.1 Å². The normalized spacial score (nSPS) is 39.6. The molecule has 0 N–H and O–H groups in total. The van der Waals surface area contributed by atoms with Crippen LogP contribution in [0.4, 0.5) is 0 Å². The van der Waals surface area contributed by atoms with Gasteiger partial charge in [0, 0.05) is 11.7 Å². The van der Waals surface area contributed by atoms with E-state index in [4.69, 9.17) is 9.47 Å². The summed E-state index contributed by atoms with van der Waals surface area (Å²) in [6.45, 7) is 1.36. The first-order valence-electron chi connectivity index (χ1n) is 4.05. The van der Waals surface area contributed by atoms with Crippen LogP contribution in [-0.2, 0) is 20.6 Å². The maximum Gasteiger partial charge on any atom is 1.00 e. The molecule has 6 heteroatoms. The molecule has 0 bridgehead atoms. The minimum Gasteiger partial charge on any atom is -0.772 e. The maximum absolute atomic E-state index is 10.4. The van der Waals surface area contributed by atoms with E-state index in [0.717, 1.165) is 13.0 Å². The molecule has 2 aliphatic rings. The Morgan fingerprint density at radius 1 is 1.46 bits per heavy atom. The fraction of sp³-hybridized carbons (Fsp3) is 1.00. The molecule has 0 aromatic rings. The smallest absolute Gasteiger partial charge is 0.772 e. The first-order valence-corrected chi connectivity index (χ1v) is 5.29. The van der Waals surface area contributed by atoms with E-state index in [0.29, 0.717) is 12.5 Å². The monoisotopic (exact) mass is 214 g/mol. The van der Waals surface area contributed by atoms with Gasteiger partial charge in [0.1, 0.15) is 0 Å². The average Bonchev–Trinajstić information content (AvgIpc) is 2.43. The Bertz CT molecular complexity index is 189.